The van der Waals surface area contributed by atoms with Crippen molar-refractivity contribution in [1.82, 2.24) is 4.98 Å². The van der Waals surface area contributed by atoms with Gasteiger partial charge in [-0.05, 0) is 25.3 Å². The van der Waals surface area contributed by atoms with Gasteiger partial charge in [0.2, 0.25) is 0 Å². The minimum absolute atomic E-state index is 0.506. The van der Waals surface area contributed by atoms with E-state index < -0.39 is 6.10 Å². The average molecular weight is 285 g/mol. The Morgan fingerprint density at radius 2 is 2.10 bits per heavy atom. The van der Waals surface area contributed by atoms with E-state index in [4.69, 9.17) is 4.42 Å². The zero-order valence-electron chi connectivity index (χ0n) is 12.7. The number of rotatable bonds is 7. The second-order valence-corrected chi connectivity index (χ2v) is 5.37. The Bertz CT molecular complexity index is 572. The first-order chi connectivity index (χ1) is 10.2. The number of hydrogen-bond acceptors (Lipinski definition) is 3. The molecule has 0 fully saturated rings. The summed E-state index contributed by atoms with van der Waals surface area (Å²) in [4.78, 5) is 4.36. The molecule has 3 nitrogen and oxygen atoms in total. The van der Waals surface area contributed by atoms with Gasteiger partial charge in [0.25, 0.3) is 0 Å². The first kappa shape index (κ1) is 15.5. The molecular weight excluding hydrogens is 262 g/mol. The van der Waals surface area contributed by atoms with E-state index in [2.05, 4.69) is 30.1 Å². The van der Waals surface area contributed by atoms with Crippen molar-refractivity contribution in [3.8, 4) is 0 Å². The second kappa shape index (κ2) is 7.79. The maximum Gasteiger partial charge on any atom is 0.194 e. The number of aliphatic hydroxyl groups is 1. The van der Waals surface area contributed by atoms with Crippen LogP contribution >= 0.6 is 0 Å². The van der Waals surface area contributed by atoms with Gasteiger partial charge in [0.15, 0.2) is 5.89 Å². The molecule has 0 aliphatic carbocycles. The number of benzene rings is 1. The number of allylic oxidation sites excluding steroid dienone is 1. The Labute approximate surface area is 126 Å². The molecule has 0 saturated heterocycles. The molecule has 1 N–H and O–H groups in total. The van der Waals surface area contributed by atoms with Gasteiger partial charge in [0.05, 0.1) is 6.10 Å². The lowest BCUT2D eigenvalue weighted by molar-refractivity contribution is 0.161. The Balaban J connectivity index is 1.90. The normalized spacial score (nSPS) is 13.4. The summed E-state index contributed by atoms with van der Waals surface area (Å²) >= 11 is 0. The third kappa shape index (κ3) is 4.87. The summed E-state index contributed by atoms with van der Waals surface area (Å²) in [7, 11) is 0. The van der Waals surface area contributed by atoms with E-state index in [0.717, 1.165) is 25.7 Å². The first-order valence-electron chi connectivity index (χ1n) is 7.53. The summed E-state index contributed by atoms with van der Waals surface area (Å²) in [5, 5.41) is 9.87. The summed E-state index contributed by atoms with van der Waals surface area (Å²) in [5.41, 5.74) is 3.15. The molecule has 0 bridgehead atoms. The molecule has 1 aromatic carbocycles. The van der Waals surface area contributed by atoms with Gasteiger partial charge in [0, 0.05) is 6.42 Å². The highest BCUT2D eigenvalue weighted by atomic mass is 16.3. The molecule has 2 aromatic rings. The third-order valence-electron chi connectivity index (χ3n) is 3.42. The number of oxazole rings is 1. The third-order valence-corrected chi connectivity index (χ3v) is 3.42. The number of aliphatic hydroxyl groups excluding tert-OH is 1. The smallest absolute Gasteiger partial charge is 0.194 e. The maximum absolute atomic E-state index is 9.87. The van der Waals surface area contributed by atoms with Crippen LogP contribution in [0.3, 0.4) is 0 Å². The number of aromatic nitrogens is 1. The molecule has 2 rings (SSSR count). The van der Waals surface area contributed by atoms with Gasteiger partial charge < -0.3 is 9.52 Å². The fourth-order valence-corrected chi connectivity index (χ4v) is 2.22. The van der Waals surface area contributed by atoms with Crippen LogP contribution in [0.15, 0.2) is 46.6 Å². The Kier molecular flexibility index (Phi) is 5.76. The fourth-order valence-electron chi connectivity index (χ4n) is 2.22. The summed E-state index contributed by atoms with van der Waals surface area (Å²) < 4.78 is 5.43. The highest BCUT2D eigenvalue weighted by Gasteiger charge is 2.12. The van der Waals surface area contributed by atoms with Crippen LogP contribution in [-0.2, 0) is 6.42 Å². The van der Waals surface area contributed by atoms with Crippen LogP contribution in [0.4, 0.5) is 0 Å². The molecule has 1 unspecified atom stereocenters. The predicted molar refractivity (Wildman–Crippen MR) is 84.8 cm³/mol. The molecule has 21 heavy (non-hydrogen) atoms. The minimum Gasteiger partial charge on any atom is -0.449 e. The predicted octanol–water partition coefficient (Wildman–Crippen LogP) is 4.54. The molecule has 1 aromatic heterocycles. The highest BCUT2D eigenvalue weighted by Crippen LogP contribution is 2.19. The average Bonchev–Trinajstić information content (AvgIpc) is 2.95. The number of nitrogens with zero attached hydrogens (tertiary/aromatic N) is 1. The summed E-state index contributed by atoms with van der Waals surface area (Å²) in [6.45, 7) is 4.16. The van der Waals surface area contributed by atoms with E-state index in [1.165, 1.54) is 11.1 Å². The molecule has 0 aliphatic rings. The molecule has 1 heterocycles. The van der Waals surface area contributed by atoms with Crippen molar-refractivity contribution < 1.29 is 9.52 Å². The molecule has 0 radical (unpaired) electrons. The van der Waals surface area contributed by atoms with Gasteiger partial charge in [-0.15, -0.1) is 0 Å². The Morgan fingerprint density at radius 1 is 1.33 bits per heavy atom. The van der Waals surface area contributed by atoms with Crippen molar-refractivity contribution in [2.45, 2.75) is 45.6 Å². The van der Waals surface area contributed by atoms with Gasteiger partial charge in [-0.1, -0.05) is 55.3 Å². The molecule has 0 aliphatic heterocycles. The standard InChI is InChI=1S/C18H23NO2/c1-3-7-17(20)16-13-21-18(19-16)11-10-14(2)12-15-8-5-4-6-9-15/h4-6,8-9,12-13,17,20H,3,7,10-11H2,1-2H3/b14-12+. The lowest BCUT2D eigenvalue weighted by atomic mass is 10.1. The number of hydrogen-bond donors (Lipinski definition) is 1. The van der Waals surface area contributed by atoms with Crippen molar-refractivity contribution in [2.24, 2.45) is 0 Å². The van der Waals surface area contributed by atoms with E-state index in [-0.39, 0.29) is 0 Å². The second-order valence-electron chi connectivity index (χ2n) is 5.37. The van der Waals surface area contributed by atoms with E-state index in [9.17, 15) is 5.11 Å². The Morgan fingerprint density at radius 3 is 2.81 bits per heavy atom. The lowest BCUT2D eigenvalue weighted by Crippen LogP contribution is -1.97. The first-order valence-corrected chi connectivity index (χ1v) is 7.53. The van der Waals surface area contributed by atoms with Crippen LogP contribution in [0.2, 0.25) is 0 Å². The van der Waals surface area contributed by atoms with Gasteiger partial charge in [-0.3, -0.25) is 0 Å². The summed E-state index contributed by atoms with van der Waals surface area (Å²) in [6.07, 6.45) is 6.56. The van der Waals surface area contributed by atoms with Crippen molar-refractivity contribution >= 4 is 6.08 Å². The molecule has 0 spiro atoms. The van der Waals surface area contributed by atoms with E-state index >= 15 is 0 Å². The van der Waals surface area contributed by atoms with Crippen LogP contribution in [0, 0.1) is 0 Å². The van der Waals surface area contributed by atoms with Crippen molar-refractivity contribution in [3.63, 3.8) is 0 Å². The zero-order chi connectivity index (χ0) is 15.1. The topological polar surface area (TPSA) is 46.3 Å². The van der Waals surface area contributed by atoms with Crippen LogP contribution in [0.1, 0.15) is 56.4 Å². The van der Waals surface area contributed by atoms with E-state index in [0.29, 0.717) is 11.6 Å². The summed E-state index contributed by atoms with van der Waals surface area (Å²) in [5.74, 6) is 0.695. The van der Waals surface area contributed by atoms with Crippen LogP contribution in [-0.4, -0.2) is 10.1 Å². The van der Waals surface area contributed by atoms with Gasteiger partial charge >= 0.3 is 0 Å². The van der Waals surface area contributed by atoms with E-state index in [1.807, 2.05) is 25.1 Å². The van der Waals surface area contributed by atoms with Crippen molar-refractivity contribution in [1.29, 1.82) is 0 Å². The maximum atomic E-state index is 9.87. The molecule has 0 saturated carbocycles. The molecule has 1 atom stereocenters. The van der Waals surface area contributed by atoms with Gasteiger partial charge in [-0.25, -0.2) is 4.98 Å². The van der Waals surface area contributed by atoms with E-state index in [1.54, 1.807) is 6.26 Å². The van der Waals surface area contributed by atoms with Gasteiger partial charge in [-0.2, -0.15) is 0 Å². The molecule has 112 valence electrons. The van der Waals surface area contributed by atoms with Crippen LogP contribution in [0.5, 0.6) is 0 Å². The largest absolute Gasteiger partial charge is 0.449 e. The quantitative estimate of drug-likeness (QED) is 0.812. The Hall–Kier alpha value is -1.87. The fraction of sp³-hybridized carbons (Fsp3) is 0.389. The van der Waals surface area contributed by atoms with Crippen molar-refractivity contribution in [2.75, 3.05) is 0 Å². The highest BCUT2D eigenvalue weighted by molar-refractivity contribution is 5.51. The van der Waals surface area contributed by atoms with Crippen LogP contribution < -0.4 is 0 Å². The lowest BCUT2D eigenvalue weighted by Gasteiger charge is -2.03. The minimum atomic E-state index is -0.506. The molecule has 3 heteroatoms. The molecular formula is C18H23NO2. The SMILES string of the molecule is CCCC(O)c1coc(CC/C(C)=C/c2ccccc2)n1. The monoisotopic (exact) mass is 285 g/mol. The zero-order valence-corrected chi connectivity index (χ0v) is 12.7. The molecule has 0 amide bonds. The van der Waals surface area contributed by atoms with Crippen molar-refractivity contribution in [3.05, 3.63) is 59.3 Å². The van der Waals surface area contributed by atoms with Gasteiger partial charge in [0.1, 0.15) is 12.0 Å². The number of aryl methyl sites for hydroxylation is 1. The van der Waals surface area contributed by atoms with Crippen LogP contribution in [0.25, 0.3) is 6.08 Å². The summed E-state index contributed by atoms with van der Waals surface area (Å²) in [6, 6.07) is 10.3.